The van der Waals surface area contributed by atoms with Crippen LogP contribution in [0.25, 0.3) is 6.08 Å². The molecule has 5 nitrogen and oxygen atoms in total. The van der Waals surface area contributed by atoms with Crippen LogP contribution < -0.4 is 15.4 Å². The summed E-state index contributed by atoms with van der Waals surface area (Å²) >= 11 is 0. The fourth-order valence-electron chi connectivity index (χ4n) is 2.66. The van der Waals surface area contributed by atoms with Gasteiger partial charge in [-0.2, -0.15) is 0 Å². The first kappa shape index (κ1) is 16.1. The van der Waals surface area contributed by atoms with E-state index in [-0.39, 0.29) is 11.7 Å². The molecule has 124 valence electrons. The lowest BCUT2D eigenvalue weighted by Crippen LogP contribution is -2.38. The third kappa shape index (κ3) is 3.40. The summed E-state index contributed by atoms with van der Waals surface area (Å²) in [5.74, 6) is 0.764. The highest BCUT2D eigenvalue weighted by atomic mass is 16.5. The number of fused-ring (bicyclic) bond motifs is 1. The number of hydrogen-bond acceptors (Lipinski definition) is 4. The average molecular weight is 323 g/mol. The Morgan fingerprint density at radius 3 is 2.88 bits per heavy atom. The maximum atomic E-state index is 12.9. The molecule has 0 radical (unpaired) electrons. The Bertz CT molecular complexity index is 756. The van der Waals surface area contributed by atoms with Crippen LogP contribution in [0.1, 0.15) is 31.9 Å². The number of nitrogens with two attached hydrogens (primary N) is 1. The number of amides is 1. The lowest BCUT2D eigenvalue weighted by molar-refractivity contribution is -0.117. The zero-order chi connectivity index (χ0) is 16.9. The van der Waals surface area contributed by atoms with Gasteiger partial charge in [-0.05, 0) is 36.8 Å². The van der Waals surface area contributed by atoms with Gasteiger partial charge in [-0.15, -0.1) is 0 Å². The van der Waals surface area contributed by atoms with E-state index in [1.165, 1.54) is 0 Å². The smallest absolute Gasteiger partial charge is 0.294 e. The molecule has 2 aromatic rings. The number of rotatable bonds is 5. The molecule has 24 heavy (non-hydrogen) atoms. The van der Waals surface area contributed by atoms with E-state index in [1.807, 2.05) is 18.2 Å². The van der Waals surface area contributed by atoms with Crippen molar-refractivity contribution in [2.24, 2.45) is 0 Å². The molecule has 5 heteroatoms. The van der Waals surface area contributed by atoms with Crippen LogP contribution in [-0.2, 0) is 4.79 Å². The summed E-state index contributed by atoms with van der Waals surface area (Å²) < 4.78 is 5.81. The molecule has 2 N–H and O–H groups in total. The third-order valence-electron chi connectivity index (χ3n) is 3.90. The second-order valence-electron chi connectivity index (χ2n) is 5.76. The van der Waals surface area contributed by atoms with Gasteiger partial charge in [0.15, 0.2) is 11.5 Å². The van der Waals surface area contributed by atoms with Crippen molar-refractivity contribution in [1.29, 1.82) is 0 Å². The molecule has 3 rings (SSSR count). The predicted octanol–water partition coefficient (Wildman–Crippen LogP) is 3.62. The zero-order valence-electron chi connectivity index (χ0n) is 13.7. The number of benzene rings is 1. The topological polar surface area (TPSA) is 68.5 Å². The van der Waals surface area contributed by atoms with Crippen LogP contribution in [0.4, 0.5) is 11.4 Å². The number of unbranched alkanes of at least 4 members (excludes halogenated alkanes) is 2. The van der Waals surface area contributed by atoms with Crippen molar-refractivity contribution >= 4 is 23.4 Å². The Morgan fingerprint density at radius 1 is 1.25 bits per heavy atom. The van der Waals surface area contributed by atoms with Gasteiger partial charge in [0.2, 0.25) is 0 Å². The molecule has 2 heterocycles. The molecule has 1 amide bonds. The molecule has 0 bridgehead atoms. The number of carbonyl (C=O) groups excluding carboxylic acids is 1. The zero-order valence-corrected chi connectivity index (χ0v) is 13.7. The van der Waals surface area contributed by atoms with Gasteiger partial charge in [0.1, 0.15) is 0 Å². The van der Waals surface area contributed by atoms with Crippen molar-refractivity contribution in [1.82, 2.24) is 4.98 Å². The average Bonchev–Trinajstić information content (AvgIpc) is 2.59. The molecule has 0 fully saturated rings. The van der Waals surface area contributed by atoms with Gasteiger partial charge in [-0.3, -0.25) is 9.78 Å². The minimum absolute atomic E-state index is 0.158. The van der Waals surface area contributed by atoms with Crippen molar-refractivity contribution < 1.29 is 9.53 Å². The molecular formula is C19H21N3O2. The van der Waals surface area contributed by atoms with Crippen LogP contribution in [0.3, 0.4) is 0 Å². The number of hydrogen-bond donors (Lipinski definition) is 1. The van der Waals surface area contributed by atoms with Crippen LogP contribution in [0.5, 0.6) is 5.75 Å². The van der Waals surface area contributed by atoms with Gasteiger partial charge in [-0.25, -0.2) is 0 Å². The van der Waals surface area contributed by atoms with Crippen LogP contribution >= 0.6 is 0 Å². The minimum Gasteiger partial charge on any atom is -0.449 e. The summed E-state index contributed by atoms with van der Waals surface area (Å²) in [6.45, 7) is 2.78. The van der Waals surface area contributed by atoms with Gasteiger partial charge in [0.05, 0.1) is 11.4 Å². The predicted molar refractivity (Wildman–Crippen MR) is 95.6 cm³/mol. The number of ether oxygens (including phenoxy) is 1. The summed E-state index contributed by atoms with van der Waals surface area (Å²) in [4.78, 5) is 18.8. The van der Waals surface area contributed by atoms with E-state index in [0.29, 0.717) is 23.7 Å². The number of aromatic nitrogens is 1. The molecule has 0 saturated heterocycles. The van der Waals surface area contributed by atoms with Crippen molar-refractivity contribution in [2.75, 3.05) is 17.2 Å². The van der Waals surface area contributed by atoms with Crippen molar-refractivity contribution in [2.45, 2.75) is 26.2 Å². The molecule has 0 unspecified atom stereocenters. The summed E-state index contributed by atoms with van der Waals surface area (Å²) in [6.07, 6.45) is 6.47. The van der Waals surface area contributed by atoms with Crippen LogP contribution in [0.2, 0.25) is 0 Å². The molecule has 0 atom stereocenters. The molecule has 1 aromatic heterocycles. The van der Waals surface area contributed by atoms with E-state index < -0.39 is 0 Å². The van der Waals surface area contributed by atoms with Gasteiger partial charge >= 0.3 is 0 Å². The first-order valence-corrected chi connectivity index (χ1v) is 8.21. The molecule has 0 saturated carbocycles. The largest absolute Gasteiger partial charge is 0.449 e. The minimum atomic E-state index is -0.158. The standard InChI is InChI=1S/C19H21N3O2/c1-2-3-6-11-22-16-12-14(20)8-9-17(16)24-18(19(22)23)13-15-7-4-5-10-21-15/h4-5,7-10,12-13H,2-3,6,11,20H2,1H3/b18-13+. The Labute approximate surface area is 141 Å². The molecule has 0 spiro atoms. The van der Waals surface area contributed by atoms with Gasteiger partial charge in [-0.1, -0.05) is 25.8 Å². The maximum Gasteiger partial charge on any atom is 0.294 e. The summed E-state index contributed by atoms with van der Waals surface area (Å²) in [5.41, 5.74) is 7.92. The quantitative estimate of drug-likeness (QED) is 0.518. The number of pyridine rings is 1. The van der Waals surface area contributed by atoms with Crippen molar-refractivity contribution in [3.8, 4) is 5.75 Å². The Balaban J connectivity index is 1.96. The Kier molecular flexibility index (Phi) is 4.79. The fourth-order valence-corrected chi connectivity index (χ4v) is 2.66. The first-order chi connectivity index (χ1) is 11.7. The summed E-state index contributed by atoms with van der Waals surface area (Å²) in [6, 6.07) is 10.9. The second-order valence-corrected chi connectivity index (χ2v) is 5.76. The highest BCUT2D eigenvalue weighted by Gasteiger charge is 2.30. The highest BCUT2D eigenvalue weighted by Crippen LogP contribution is 2.37. The fraction of sp³-hybridized carbons (Fsp3) is 0.263. The molecule has 1 aromatic carbocycles. The van der Waals surface area contributed by atoms with Crippen LogP contribution in [0.15, 0.2) is 48.4 Å². The van der Waals surface area contributed by atoms with E-state index >= 15 is 0 Å². The lowest BCUT2D eigenvalue weighted by Gasteiger charge is -2.30. The summed E-state index contributed by atoms with van der Waals surface area (Å²) in [5, 5.41) is 0. The van der Waals surface area contributed by atoms with Crippen LogP contribution in [0, 0.1) is 0 Å². The molecule has 1 aliphatic rings. The molecule has 1 aliphatic heterocycles. The van der Waals surface area contributed by atoms with Gasteiger partial charge in [0, 0.05) is 24.5 Å². The van der Waals surface area contributed by atoms with Gasteiger partial charge < -0.3 is 15.4 Å². The SMILES string of the molecule is CCCCCN1C(=O)/C(=C\c2ccccn2)Oc2ccc(N)cc21. The van der Waals surface area contributed by atoms with Crippen molar-refractivity contribution in [3.05, 3.63) is 54.0 Å². The van der Waals surface area contributed by atoms with Crippen molar-refractivity contribution in [3.63, 3.8) is 0 Å². The normalized spacial score (nSPS) is 15.3. The van der Waals surface area contributed by atoms with E-state index in [2.05, 4.69) is 11.9 Å². The lowest BCUT2D eigenvalue weighted by atomic mass is 10.1. The van der Waals surface area contributed by atoms with Crippen LogP contribution in [-0.4, -0.2) is 17.4 Å². The third-order valence-corrected chi connectivity index (χ3v) is 3.90. The van der Waals surface area contributed by atoms with E-state index in [4.69, 9.17) is 10.5 Å². The maximum absolute atomic E-state index is 12.9. The Morgan fingerprint density at radius 2 is 2.12 bits per heavy atom. The first-order valence-electron chi connectivity index (χ1n) is 8.21. The molecule has 0 aliphatic carbocycles. The molecular weight excluding hydrogens is 302 g/mol. The highest BCUT2D eigenvalue weighted by molar-refractivity contribution is 6.10. The second kappa shape index (κ2) is 7.17. The number of carbonyl (C=O) groups is 1. The summed E-state index contributed by atoms with van der Waals surface area (Å²) in [7, 11) is 0. The van der Waals surface area contributed by atoms with E-state index in [1.54, 1.807) is 35.4 Å². The monoisotopic (exact) mass is 323 g/mol. The van der Waals surface area contributed by atoms with E-state index in [9.17, 15) is 4.79 Å². The number of anilines is 2. The Hall–Kier alpha value is -2.82. The van der Waals surface area contributed by atoms with E-state index in [0.717, 1.165) is 24.9 Å². The van der Waals surface area contributed by atoms with Gasteiger partial charge in [0.25, 0.3) is 5.91 Å². The number of nitrogens with zero attached hydrogens (tertiary/aromatic N) is 2. The number of nitrogen functional groups attached to an aromatic ring is 1.